The standard InChI is InChI=1S/C61H121NO8/c1-3-5-7-9-11-13-15-17-19-21-22-23-24-25-26-27-28-29-30-31-32-33-34-35-36-38-40-42-44-46-48-50-55(64)54(53-69-61-60(68)59(67)58(66)56(52-63)70-61)62-57(65)51-49-47-45-43-41-39-37-20-18-16-14-12-10-8-6-4-2/h54-56,58-61,63-64,66-68H,3-53H2,1-2H3,(H,62,65). The average Bonchev–Trinajstić information content (AvgIpc) is 3.36. The van der Waals surface area contributed by atoms with Gasteiger partial charge in [-0.2, -0.15) is 0 Å². The van der Waals surface area contributed by atoms with Gasteiger partial charge in [-0.1, -0.05) is 309 Å². The summed E-state index contributed by atoms with van der Waals surface area (Å²) in [6.07, 6.45) is 55.8. The third-order valence-corrected chi connectivity index (χ3v) is 15.5. The number of rotatable bonds is 55. The van der Waals surface area contributed by atoms with Gasteiger partial charge in [0.1, 0.15) is 24.4 Å². The van der Waals surface area contributed by atoms with Gasteiger partial charge in [0, 0.05) is 6.42 Å². The van der Waals surface area contributed by atoms with E-state index in [-0.39, 0.29) is 12.5 Å². The van der Waals surface area contributed by atoms with Crippen LogP contribution in [0.3, 0.4) is 0 Å². The summed E-state index contributed by atoms with van der Waals surface area (Å²) in [4.78, 5) is 13.1. The van der Waals surface area contributed by atoms with Crippen LogP contribution in [0.15, 0.2) is 0 Å². The quantitative estimate of drug-likeness (QED) is 0.0330. The molecule has 0 aromatic heterocycles. The van der Waals surface area contributed by atoms with Crippen molar-refractivity contribution in [3.63, 3.8) is 0 Å². The lowest BCUT2D eigenvalue weighted by molar-refractivity contribution is -0.302. The molecule has 1 saturated heterocycles. The van der Waals surface area contributed by atoms with Crippen LogP contribution in [0.25, 0.3) is 0 Å². The molecule has 0 radical (unpaired) electrons. The highest BCUT2D eigenvalue weighted by molar-refractivity contribution is 5.76. The maximum Gasteiger partial charge on any atom is 0.220 e. The summed E-state index contributed by atoms with van der Waals surface area (Å²) in [7, 11) is 0. The van der Waals surface area contributed by atoms with E-state index in [0.29, 0.717) is 12.8 Å². The third-order valence-electron chi connectivity index (χ3n) is 15.5. The van der Waals surface area contributed by atoms with Gasteiger partial charge >= 0.3 is 0 Å². The molecular weight excluding hydrogens is 875 g/mol. The van der Waals surface area contributed by atoms with Crippen molar-refractivity contribution in [3.8, 4) is 0 Å². The molecule has 9 heteroatoms. The number of unbranched alkanes of at least 4 members (excludes halogenated alkanes) is 45. The molecule has 1 rings (SSSR count). The van der Waals surface area contributed by atoms with E-state index in [9.17, 15) is 30.3 Å². The first kappa shape index (κ1) is 67.2. The van der Waals surface area contributed by atoms with Crippen molar-refractivity contribution in [1.82, 2.24) is 5.32 Å². The van der Waals surface area contributed by atoms with E-state index in [1.807, 2.05) is 0 Å². The predicted octanol–water partition coefficient (Wildman–Crippen LogP) is 15.8. The summed E-state index contributed by atoms with van der Waals surface area (Å²) in [6.45, 7) is 3.89. The van der Waals surface area contributed by atoms with E-state index >= 15 is 0 Å². The molecule has 1 heterocycles. The van der Waals surface area contributed by atoms with Crippen LogP contribution in [-0.4, -0.2) is 87.5 Å². The molecule has 0 spiro atoms. The van der Waals surface area contributed by atoms with Crippen LogP contribution in [0.2, 0.25) is 0 Å². The molecule has 0 aromatic carbocycles. The van der Waals surface area contributed by atoms with Crippen molar-refractivity contribution in [2.75, 3.05) is 13.2 Å². The van der Waals surface area contributed by atoms with Crippen molar-refractivity contribution in [2.45, 2.75) is 371 Å². The van der Waals surface area contributed by atoms with Crippen LogP contribution in [0.5, 0.6) is 0 Å². The van der Waals surface area contributed by atoms with Crippen LogP contribution in [0, 0.1) is 0 Å². The number of ether oxygens (including phenoxy) is 2. The lowest BCUT2D eigenvalue weighted by atomic mass is 9.99. The molecule has 6 N–H and O–H groups in total. The third kappa shape index (κ3) is 40.6. The monoisotopic (exact) mass is 996 g/mol. The Hall–Kier alpha value is -0.810. The molecule has 0 aromatic rings. The highest BCUT2D eigenvalue weighted by atomic mass is 16.7. The summed E-state index contributed by atoms with van der Waals surface area (Å²) in [5.74, 6) is -0.136. The number of carbonyl (C=O) groups is 1. The number of hydrogen-bond donors (Lipinski definition) is 6. The molecule has 9 nitrogen and oxygen atoms in total. The number of amides is 1. The average molecular weight is 997 g/mol. The minimum Gasteiger partial charge on any atom is -0.394 e. The molecule has 1 amide bonds. The summed E-state index contributed by atoms with van der Waals surface area (Å²) < 4.78 is 11.3. The van der Waals surface area contributed by atoms with Crippen molar-refractivity contribution in [2.24, 2.45) is 0 Å². The normalized spacial score (nSPS) is 19.2. The Balaban J connectivity index is 2.11. The SMILES string of the molecule is CCCCCCCCCCCCCCCCCCCCCCCCCCCCCCCCCC(O)C(COC1OC(CO)C(O)C(O)C1O)NC(=O)CCCCCCCCCCCCCCCCCC. The van der Waals surface area contributed by atoms with E-state index in [1.165, 1.54) is 263 Å². The fourth-order valence-electron chi connectivity index (χ4n) is 10.5. The van der Waals surface area contributed by atoms with Gasteiger partial charge in [0.15, 0.2) is 6.29 Å². The lowest BCUT2D eigenvalue weighted by Gasteiger charge is -2.40. The van der Waals surface area contributed by atoms with Crippen molar-refractivity contribution >= 4 is 5.91 Å². The van der Waals surface area contributed by atoms with Crippen LogP contribution in [0.4, 0.5) is 0 Å². The van der Waals surface area contributed by atoms with E-state index < -0.39 is 49.5 Å². The zero-order valence-electron chi connectivity index (χ0n) is 46.6. The smallest absolute Gasteiger partial charge is 0.220 e. The van der Waals surface area contributed by atoms with Crippen molar-refractivity contribution in [1.29, 1.82) is 0 Å². The van der Waals surface area contributed by atoms with Crippen LogP contribution < -0.4 is 5.32 Å². The second-order valence-corrected chi connectivity index (χ2v) is 22.2. The van der Waals surface area contributed by atoms with E-state index in [2.05, 4.69) is 19.2 Å². The number of hydrogen-bond acceptors (Lipinski definition) is 8. The van der Waals surface area contributed by atoms with Crippen molar-refractivity contribution in [3.05, 3.63) is 0 Å². The summed E-state index contributed by atoms with van der Waals surface area (Å²) >= 11 is 0. The van der Waals surface area contributed by atoms with Crippen LogP contribution in [-0.2, 0) is 14.3 Å². The molecule has 418 valence electrons. The predicted molar refractivity (Wildman–Crippen MR) is 295 cm³/mol. The first-order valence-electron chi connectivity index (χ1n) is 31.2. The molecule has 0 saturated carbocycles. The molecule has 7 unspecified atom stereocenters. The molecule has 0 bridgehead atoms. The largest absolute Gasteiger partial charge is 0.394 e. The Morgan fingerprint density at radius 2 is 0.714 bits per heavy atom. The van der Waals surface area contributed by atoms with E-state index in [1.54, 1.807) is 0 Å². The second-order valence-electron chi connectivity index (χ2n) is 22.2. The number of nitrogens with one attached hydrogen (secondary N) is 1. The Kier molecular flexibility index (Phi) is 49.6. The molecular formula is C61H121NO8. The maximum absolute atomic E-state index is 13.1. The van der Waals surface area contributed by atoms with Crippen molar-refractivity contribution < 1.29 is 39.8 Å². The first-order valence-corrected chi connectivity index (χ1v) is 31.2. The summed E-state index contributed by atoms with van der Waals surface area (Å²) in [5.41, 5.74) is 0. The van der Waals surface area contributed by atoms with Gasteiger partial charge in [-0.15, -0.1) is 0 Å². The topological polar surface area (TPSA) is 149 Å². The zero-order valence-corrected chi connectivity index (χ0v) is 46.6. The minimum absolute atomic E-state index is 0.131. The molecule has 1 fully saturated rings. The molecule has 70 heavy (non-hydrogen) atoms. The number of aliphatic hydroxyl groups excluding tert-OH is 5. The van der Waals surface area contributed by atoms with E-state index in [0.717, 1.165) is 38.5 Å². The molecule has 0 aliphatic carbocycles. The Morgan fingerprint density at radius 3 is 1.01 bits per heavy atom. The van der Waals surface area contributed by atoms with Gasteiger partial charge in [-0.05, 0) is 12.8 Å². The van der Waals surface area contributed by atoms with E-state index in [4.69, 9.17) is 9.47 Å². The fraction of sp³-hybridized carbons (Fsp3) is 0.984. The highest BCUT2D eigenvalue weighted by Gasteiger charge is 2.44. The van der Waals surface area contributed by atoms with Crippen LogP contribution >= 0.6 is 0 Å². The Morgan fingerprint density at radius 1 is 0.429 bits per heavy atom. The Bertz CT molecular complexity index is 1060. The zero-order chi connectivity index (χ0) is 50.8. The first-order chi connectivity index (χ1) is 34.3. The van der Waals surface area contributed by atoms with Gasteiger partial charge < -0.3 is 40.3 Å². The number of carbonyl (C=O) groups excluding carboxylic acids is 1. The molecule has 1 aliphatic rings. The van der Waals surface area contributed by atoms with Gasteiger partial charge in [-0.25, -0.2) is 0 Å². The molecule has 7 atom stereocenters. The van der Waals surface area contributed by atoms with Gasteiger partial charge in [0.05, 0.1) is 25.4 Å². The molecule has 1 aliphatic heterocycles. The summed E-state index contributed by atoms with van der Waals surface area (Å²) in [6, 6.07) is -0.713. The second kappa shape index (κ2) is 51.7. The summed E-state index contributed by atoms with van der Waals surface area (Å²) in [5, 5.41) is 54.7. The van der Waals surface area contributed by atoms with Crippen LogP contribution in [0.1, 0.15) is 328 Å². The lowest BCUT2D eigenvalue weighted by Crippen LogP contribution is -2.60. The fourth-order valence-corrected chi connectivity index (χ4v) is 10.5. The highest BCUT2D eigenvalue weighted by Crippen LogP contribution is 2.24. The Labute approximate surface area is 434 Å². The van der Waals surface area contributed by atoms with Gasteiger partial charge in [-0.3, -0.25) is 4.79 Å². The maximum atomic E-state index is 13.1. The number of aliphatic hydroxyl groups is 5. The van der Waals surface area contributed by atoms with Gasteiger partial charge in [0.2, 0.25) is 5.91 Å². The minimum atomic E-state index is -1.55. The van der Waals surface area contributed by atoms with Gasteiger partial charge in [0.25, 0.3) is 0 Å².